The molecule has 94 valence electrons. The van der Waals surface area contributed by atoms with Crippen molar-refractivity contribution in [1.82, 2.24) is 4.98 Å². The van der Waals surface area contributed by atoms with Gasteiger partial charge in [0.2, 0.25) is 0 Å². The van der Waals surface area contributed by atoms with Crippen LogP contribution in [0.1, 0.15) is 53.9 Å². The summed E-state index contributed by atoms with van der Waals surface area (Å²) in [5, 5.41) is 0. The fraction of sp³-hybridized carbons (Fsp3) is 0.667. The third-order valence-corrected chi connectivity index (χ3v) is 4.98. The van der Waals surface area contributed by atoms with Crippen molar-refractivity contribution in [3.63, 3.8) is 0 Å². The number of carbonyl (C=O) groups excluding carboxylic acids is 1. The van der Waals surface area contributed by atoms with Gasteiger partial charge in [0, 0.05) is 4.88 Å². The van der Waals surface area contributed by atoms with E-state index in [4.69, 9.17) is 4.74 Å². The van der Waals surface area contributed by atoms with Crippen LogP contribution in [0.15, 0.2) is 3.92 Å². The second kappa shape index (κ2) is 5.48. The molecule has 2 unspecified atom stereocenters. The Bertz CT molecular complexity index is 419. The Morgan fingerprint density at radius 2 is 2.29 bits per heavy atom. The first-order chi connectivity index (χ1) is 8.11. The molecule has 0 aromatic carbocycles. The van der Waals surface area contributed by atoms with Gasteiger partial charge >= 0.3 is 5.97 Å². The number of halogens is 1. The molecule has 2 rings (SSSR count). The quantitative estimate of drug-likeness (QED) is 0.774. The largest absolute Gasteiger partial charge is 0.464 e. The molecular weight excluding hydrogens is 302 g/mol. The van der Waals surface area contributed by atoms with Crippen LogP contribution in [0.5, 0.6) is 0 Å². The molecule has 2 atom stereocenters. The van der Waals surface area contributed by atoms with Crippen molar-refractivity contribution >= 4 is 33.2 Å². The van der Waals surface area contributed by atoms with E-state index in [2.05, 4.69) is 27.8 Å². The average Bonchev–Trinajstić information content (AvgIpc) is 2.70. The lowest BCUT2D eigenvalue weighted by molar-refractivity contribution is 0.0592. The predicted octanol–water partition coefficient (Wildman–Crippen LogP) is 3.99. The minimum atomic E-state index is -0.319. The lowest BCUT2D eigenvalue weighted by Gasteiger charge is -2.26. The highest BCUT2D eigenvalue weighted by Gasteiger charge is 2.28. The number of methoxy groups -OCH3 is 1. The second-order valence-electron chi connectivity index (χ2n) is 4.64. The van der Waals surface area contributed by atoms with E-state index < -0.39 is 0 Å². The zero-order valence-corrected chi connectivity index (χ0v) is 12.4. The van der Waals surface area contributed by atoms with E-state index in [0.717, 1.165) is 27.6 Å². The first-order valence-electron chi connectivity index (χ1n) is 5.86. The summed E-state index contributed by atoms with van der Waals surface area (Å²) in [5.41, 5.74) is 0.503. The van der Waals surface area contributed by atoms with Crippen molar-refractivity contribution in [2.45, 2.75) is 38.5 Å². The number of aromatic nitrogens is 1. The van der Waals surface area contributed by atoms with Crippen LogP contribution in [0.4, 0.5) is 0 Å². The van der Waals surface area contributed by atoms with Gasteiger partial charge in [0.05, 0.1) is 7.11 Å². The molecule has 5 heteroatoms. The van der Waals surface area contributed by atoms with E-state index in [1.807, 2.05) is 0 Å². The van der Waals surface area contributed by atoms with Gasteiger partial charge < -0.3 is 4.74 Å². The van der Waals surface area contributed by atoms with Crippen LogP contribution in [0.2, 0.25) is 0 Å². The van der Waals surface area contributed by atoms with E-state index in [1.165, 1.54) is 20.0 Å². The predicted molar refractivity (Wildman–Crippen MR) is 71.5 cm³/mol. The number of ether oxygens (including phenoxy) is 1. The molecule has 17 heavy (non-hydrogen) atoms. The summed E-state index contributed by atoms with van der Waals surface area (Å²) in [4.78, 5) is 17.0. The van der Waals surface area contributed by atoms with Crippen LogP contribution in [-0.4, -0.2) is 18.1 Å². The van der Waals surface area contributed by atoms with Crippen molar-refractivity contribution in [3.8, 4) is 0 Å². The molecule has 0 saturated heterocycles. The molecule has 1 aromatic heterocycles. The summed E-state index contributed by atoms with van der Waals surface area (Å²) in [7, 11) is 1.41. The van der Waals surface area contributed by atoms with Gasteiger partial charge in [0.25, 0.3) is 0 Å². The Hall–Kier alpha value is -0.420. The summed E-state index contributed by atoms with van der Waals surface area (Å²) in [6.45, 7) is 2.28. The van der Waals surface area contributed by atoms with Crippen LogP contribution in [0.25, 0.3) is 0 Å². The fourth-order valence-electron chi connectivity index (χ4n) is 2.50. The van der Waals surface area contributed by atoms with Crippen LogP contribution < -0.4 is 0 Å². The average molecular weight is 318 g/mol. The summed E-state index contributed by atoms with van der Waals surface area (Å²) in [6.07, 6.45) is 4.84. The maximum Gasteiger partial charge on any atom is 0.357 e. The highest BCUT2D eigenvalue weighted by Crippen LogP contribution is 2.41. The molecule has 1 saturated carbocycles. The first kappa shape index (κ1) is 13.0. The lowest BCUT2D eigenvalue weighted by atomic mass is 9.81. The molecule has 0 N–H and O–H groups in total. The second-order valence-corrected chi connectivity index (χ2v) is 6.95. The monoisotopic (exact) mass is 317 g/mol. The van der Waals surface area contributed by atoms with E-state index >= 15 is 0 Å². The van der Waals surface area contributed by atoms with Crippen molar-refractivity contribution in [2.75, 3.05) is 7.11 Å². The van der Waals surface area contributed by atoms with Gasteiger partial charge in [0.15, 0.2) is 9.61 Å². The van der Waals surface area contributed by atoms with Gasteiger partial charge in [-0.2, -0.15) is 0 Å². The topological polar surface area (TPSA) is 39.2 Å². The number of nitrogens with zero attached hydrogens (tertiary/aromatic N) is 1. The Morgan fingerprint density at radius 1 is 1.53 bits per heavy atom. The molecule has 0 aliphatic heterocycles. The van der Waals surface area contributed by atoms with Crippen LogP contribution in [0, 0.1) is 5.92 Å². The third kappa shape index (κ3) is 2.88. The van der Waals surface area contributed by atoms with Gasteiger partial charge in [-0.15, -0.1) is 11.3 Å². The zero-order valence-electron chi connectivity index (χ0n) is 10.0. The molecule has 0 bridgehead atoms. The molecule has 1 heterocycles. The Labute approximate surface area is 114 Å². The van der Waals surface area contributed by atoms with E-state index in [1.54, 1.807) is 11.3 Å². The molecule has 0 amide bonds. The van der Waals surface area contributed by atoms with Crippen molar-refractivity contribution in [3.05, 3.63) is 14.5 Å². The fourth-order valence-corrected chi connectivity index (χ4v) is 4.12. The number of hydrogen-bond donors (Lipinski definition) is 0. The molecule has 1 aliphatic carbocycles. The van der Waals surface area contributed by atoms with Crippen LogP contribution in [0.3, 0.4) is 0 Å². The van der Waals surface area contributed by atoms with Crippen LogP contribution >= 0.6 is 27.3 Å². The molecule has 0 spiro atoms. The van der Waals surface area contributed by atoms with E-state index in [0.29, 0.717) is 11.6 Å². The van der Waals surface area contributed by atoms with Crippen molar-refractivity contribution in [1.29, 1.82) is 0 Å². The normalized spacial score (nSPS) is 24.6. The number of rotatable bonds is 2. The SMILES string of the molecule is COC(=O)c1nc(Br)sc1C1CCCC(C)C1. The minimum Gasteiger partial charge on any atom is -0.464 e. The van der Waals surface area contributed by atoms with Gasteiger partial charge in [-0.1, -0.05) is 19.8 Å². The van der Waals surface area contributed by atoms with E-state index in [-0.39, 0.29) is 5.97 Å². The summed E-state index contributed by atoms with van der Waals surface area (Å²) >= 11 is 4.93. The standard InChI is InChI=1S/C12H16BrNO2S/c1-7-4-3-5-8(6-7)10-9(11(15)16-2)14-12(13)17-10/h7-8H,3-6H2,1-2H3. The molecule has 1 aliphatic rings. The zero-order chi connectivity index (χ0) is 12.4. The highest BCUT2D eigenvalue weighted by molar-refractivity contribution is 9.11. The Balaban J connectivity index is 2.27. The Morgan fingerprint density at radius 3 is 2.94 bits per heavy atom. The smallest absolute Gasteiger partial charge is 0.357 e. The third-order valence-electron chi connectivity index (χ3n) is 3.31. The summed E-state index contributed by atoms with van der Waals surface area (Å²) in [5.74, 6) is 0.886. The number of esters is 1. The van der Waals surface area contributed by atoms with Gasteiger partial charge in [-0.3, -0.25) is 0 Å². The number of hydrogen-bond acceptors (Lipinski definition) is 4. The maximum absolute atomic E-state index is 11.7. The van der Waals surface area contributed by atoms with Gasteiger partial charge in [-0.25, -0.2) is 9.78 Å². The van der Waals surface area contributed by atoms with Gasteiger partial charge in [-0.05, 0) is 40.6 Å². The molecule has 1 fully saturated rings. The summed E-state index contributed by atoms with van der Waals surface area (Å²) in [6, 6.07) is 0. The molecular formula is C12H16BrNO2S. The first-order valence-corrected chi connectivity index (χ1v) is 7.47. The van der Waals surface area contributed by atoms with E-state index in [9.17, 15) is 4.79 Å². The highest BCUT2D eigenvalue weighted by atomic mass is 79.9. The summed E-state index contributed by atoms with van der Waals surface area (Å²) < 4.78 is 5.56. The minimum absolute atomic E-state index is 0.319. The van der Waals surface area contributed by atoms with Crippen molar-refractivity contribution < 1.29 is 9.53 Å². The maximum atomic E-state index is 11.7. The number of thiazole rings is 1. The van der Waals surface area contributed by atoms with Crippen LogP contribution in [-0.2, 0) is 4.74 Å². The van der Waals surface area contributed by atoms with Gasteiger partial charge in [0.1, 0.15) is 0 Å². The Kier molecular flexibility index (Phi) is 4.20. The van der Waals surface area contributed by atoms with Crippen molar-refractivity contribution in [2.24, 2.45) is 5.92 Å². The molecule has 0 radical (unpaired) electrons. The molecule has 1 aromatic rings. The number of carbonyl (C=O) groups is 1. The molecule has 3 nitrogen and oxygen atoms in total. The lowest BCUT2D eigenvalue weighted by Crippen LogP contribution is -2.14.